The van der Waals surface area contributed by atoms with Crippen molar-refractivity contribution in [3.8, 4) is 0 Å². The lowest BCUT2D eigenvalue weighted by atomic mass is 10.7. The van der Waals surface area contributed by atoms with E-state index in [1.807, 2.05) is 0 Å². The fourth-order valence-electron chi connectivity index (χ4n) is 0.836. The summed E-state index contributed by atoms with van der Waals surface area (Å²) in [5, 5.41) is 1.40. The van der Waals surface area contributed by atoms with Crippen LogP contribution < -0.4 is 0 Å². The van der Waals surface area contributed by atoms with E-state index in [0.717, 1.165) is 0 Å². The zero-order chi connectivity index (χ0) is 15.5. The van der Waals surface area contributed by atoms with Gasteiger partial charge in [0.1, 0.15) is 0 Å². The van der Waals surface area contributed by atoms with Gasteiger partial charge >= 0.3 is 0 Å². The molecule has 0 spiro atoms. The Bertz CT molecular complexity index is 433. The fraction of sp³-hybridized carbons (Fsp3) is 0.600. The lowest BCUT2D eigenvalue weighted by molar-refractivity contribution is 0.0288. The molecule has 0 heterocycles. The van der Waals surface area contributed by atoms with Crippen molar-refractivity contribution in [1.29, 1.82) is 0 Å². The Hall–Kier alpha value is -0.780. The Kier molecular flexibility index (Phi) is 9.63. The first-order valence-electron chi connectivity index (χ1n) is 5.52. The predicted octanol–water partition coefficient (Wildman–Crippen LogP) is -0.000600. The second kappa shape index (κ2) is 10.0. The molecule has 0 aromatic heterocycles. The van der Waals surface area contributed by atoms with Crippen LogP contribution in [0.5, 0.6) is 0 Å². The molecule has 0 rings (SSSR count). The summed E-state index contributed by atoms with van der Waals surface area (Å²) < 4.78 is 62.3. The van der Waals surface area contributed by atoms with Gasteiger partial charge in [-0.2, -0.15) is 16.8 Å². The lowest BCUT2D eigenvalue weighted by Gasteiger charge is -2.06. The van der Waals surface area contributed by atoms with Gasteiger partial charge < -0.3 is 9.47 Å². The highest BCUT2D eigenvalue weighted by molar-refractivity contribution is 7.89. The minimum Gasteiger partial charge on any atom is -0.377 e. The van der Waals surface area contributed by atoms with E-state index in [0.29, 0.717) is 10.8 Å². The van der Waals surface area contributed by atoms with E-state index in [4.69, 9.17) is 9.47 Å². The maximum atomic E-state index is 10.8. The quantitative estimate of drug-likeness (QED) is 0.343. The van der Waals surface area contributed by atoms with Crippen molar-refractivity contribution in [2.75, 3.05) is 39.6 Å². The Morgan fingerprint density at radius 3 is 1.25 bits per heavy atom. The van der Waals surface area contributed by atoms with Crippen LogP contribution in [0.2, 0.25) is 0 Å². The van der Waals surface area contributed by atoms with Gasteiger partial charge in [0, 0.05) is 0 Å². The molecule has 118 valence electrons. The average molecular weight is 330 g/mol. The summed E-state index contributed by atoms with van der Waals surface area (Å²) in [6.07, 6.45) is 0. The molecule has 20 heavy (non-hydrogen) atoms. The van der Waals surface area contributed by atoms with Gasteiger partial charge in [-0.1, -0.05) is 13.2 Å². The van der Waals surface area contributed by atoms with Gasteiger partial charge in [0.2, 0.25) is 0 Å². The van der Waals surface area contributed by atoms with E-state index in [9.17, 15) is 16.8 Å². The van der Waals surface area contributed by atoms with Crippen molar-refractivity contribution in [3.63, 3.8) is 0 Å². The molecule has 0 fully saturated rings. The topological polar surface area (TPSA) is 105 Å². The van der Waals surface area contributed by atoms with Crippen LogP contribution in [-0.2, 0) is 38.1 Å². The van der Waals surface area contributed by atoms with Crippen molar-refractivity contribution in [1.82, 2.24) is 0 Å². The Labute approximate surface area is 119 Å². The van der Waals surface area contributed by atoms with E-state index < -0.39 is 20.2 Å². The van der Waals surface area contributed by atoms with Crippen molar-refractivity contribution in [3.05, 3.63) is 24.0 Å². The van der Waals surface area contributed by atoms with Gasteiger partial charge in [0.15, 0.2) is 0 Å². The van der Waals surface area contributed by atoms with Crippen LogP contribution >= 0.6 is 0 Å². The highest BCUT2D eigenvalue weighted by Gasteiger charge is 2.04. The molecule has 0 aliphatic carbocycles. The zero-order valence-corrected chi connectivity index (χ0v) is 12.5. The van der Waals surface area contributed by atoms with Gasteiger partial charge in [-0.3, -0.25) is 8.37 Å². The molecule has 0 saturated carbocycles. The molecular weight excluding hydrogens is 312 g/mol. The van der Waals surface area contributed by atoms with Crippen molar-refractivity contribution < 1.29 is 34.7 Å². The summed E-state index contributed by atoms with van der Waals surface area (Å²) in [6.45, 7) is 6.51. The summed E-state index contributed by atoms with van der Waals surface area (Å²) in [4.78, 5) is 0. The molecule has 0 amide bonds. The van der Waals surface area contributed by atoms with Crippen LogP contribution in [-0.4, -0.2) is 56.5 Å². The number of hydrogen-bond donors (Lipinski definition) is 0. The van der Waals surface area contributed by atoms with Crippen LogP contribution in [0, 0.1) is 0 Å². The maximum absolute atomic E-state index is 10.8. The average Bonchev–Trinajstić information content (AvgIpc) is 2.41. The molecule has 0 N–H and O–H groups in total. The Balaban J connectivity index is 3.38. The molecule has 0 saturated heterocycles. The third-order valence-electron chi connectivity index (χ3n) is 1.73. The monoisotopic (exact) mass is 330 g/mol. The molecule has 0 aliphatic heterocycles. The molecule has 0 aromatic carbocycles. The van der Waals surface area contributed by atoms with E-state index in [2.05, 4.69) is 21.5 Å². The second-order valence-corrected chi connectivity index (χ2v) is 6.30. The van der Waals surface area contributed by atoms with Crippen LogP contribution in [0.1, 0.15) is 0 Å². The molecule has 8 nitrogen and oxygen atoms in total. The van der Waals surface area contributed by atoms with Crippen LogP contribution in [0.25, 0.3) is 0 Å². The molecule has 0 unspecified atom stereocenters. The highest BCUT2D eigenvalue weighted by Crippen LogP contribution is 1.94. The molecule has 0 aliphatic rings. The number of ether oxygens (including phenoxy) is 2. The summed E-state index contributed by atoms with van der Waals surface area (Å²) in [5.41, 5.74) is 0. The van der Waals surface area contributed by atoms with E-state index in [1.165, 1.54) is 0 Å². The first kappa shape index (κ1) is 19.2. The highest BCUT2D eigenvalue weighted by atomic mass is 32.2. The molecule has 0 bridgehead atoms. The summed E-state index contributed by atoms with van der Waals surface area (Å²) in [7, 11) is -7.34. The lowest BCUT2D eigenvalue weighted by Crippen LogP contribution is -2.14. The van der Waals surface area contributed by atoms with Crippen molar-refractivity contribution in [2.45, 2.75) is 0 Å². The third kappa shape index (κ3) is 11.1. The fourth-order valence-corrected chi connectivity index (χ4v) is 1.63. The van der Waals surface area contributed by atoms with Crippen LogP contribution in [0.4, 0.5) is 0 Å². The molecule has 0 radical (unpaired) electrons. The molecule has 0 aromatic rings. The normalized spacial score (nSPS) is 12.2. The molecule has 10 heteroatoms. The minimum absolute atomic E-state index is 0.0811. The van der Waals surface area contributed by atoms with Crippen LogP contribution in [0.15, 0.2) is 24.0 Å². The largest absolute Gasteiger partial charge is 0.377 e. The van der Waals surface area contributed by atoms with Crippen LogP contribution in [0.3, 0.4) is 0 Å². The first-order chi connectivity index (χ1) is 9.33. The standard InChI is InChI=1S/C10H18O8S2/c1-3-19(11,12)17-9-7-15-5-6-16-8-10-18-20(13,14)4-2/h3-4H,1-2,5-10H2. The summed E-state index contributed by atoms with van der Waals surface area (Å²) in [5.74, 6) is 0. The van der Waals surface area contributed by atoms with Gasteiger partial charge in [0.05, 0.1) is 50.5 Å². The van der Waals surface area contributed by atoms with Gasteiger partial charge in [-0.05, 0) is 0 Å². The Morgan fingerprint density at radius 1 is 0.650 bits per heavy atom. The third-order valence-corrected chi connectivity index (χ3v) is 3.54. The summed E-state index contributed by atoms with van der Waals surface area (Å²) >= 11 is 0. The van der Waals surface area contributed by atoms with E-state index >= 15 is 0 Å². The maximum Gasteiger partial charge on any atom is 0.289 e. The zero-order valence-electron chi connectivity index (χ0n) is 10.9. The molecule has 0 atom stereocenters. The van der Waals surface area contributed by atoms with E-state index in [1.54, 1.807) is 0 Å². The Morgan fingerprint density at radius 2 is 0.950 bits per heavy atom. The predicted molar refractivity (Wildman–Crippen MR) is 71.8 cm³/mol. The second-order valence-electron chi connectivity index (χ2n) is 3.19. The van der Waals surface area contributed by atoms with Gasteiger partial charge in [-0.15, -0.1) is 0 Å². The van der Waals surface area contributed by atoms with Crippen molar-refractivity contribution in [2.24, 2.45) is 0 Å². The van der Waals surface area contributed by atoms with E-state index in [-0.39, 0.29) is 39.6 Å². The first-order valence-corrected chi connectivity index (χ1v) is 8.46. The SMILES string of the molecule is C=CS(=O)(=O)OCCOCCOCCOS(=O)(=O)C=C. The minimum atomic E-state index is -3.67. The number of hydrogen-bond acceptors (Lipinski definition) is 8. The van der Waals surface area contributed by atoms with Crippen molar-refractivity contribution >= 4 is 20.2 Å². The number of rotatable bonds is 13. The smallest absolute Gasteiger partial charge is 0.289 e. The van der Waals surface area contributed by atoms with Gasteiger partial charge in [0.25, 0.3) is 20.2 Å². The van der Waals surface area contributed by atoms with Gasteiger partial charge in [-0.25, -0.2) is 0 Å². The molecular formula is C10H18O8S2. The summed E-state index contributed by atoms with van der Waals surface area (Å²) in [6, 6.07) is 0.